The monoisotopic (exact) mass is 260 g/mol. The van der Waals surface area contributed by atoms with Gasteiger partial charge in [0.15, 0.2) is 9.84 Å². The van der Waals surface area contributed by atoms with E-state index in [0.717, 1.165) is 38.8 Å². The second-order valence-electron chi connectivity index (χ2n) is 5.13. The summed E-state index contributed by atoms with van der Waals surface area (Å²) in [6, 6.07) is 0.197. The van der Waals surface area contributed by atoms with Crippen molar-refractivity contribution >= 4 is 15.7 Å². The number of sulfone groups is 1. The molecule has 2 aliphatic rings. The van der Waals surface area contributed by atoms with E-state index in [1.54, 1.807) is 0 Å². The summed E-state index contributed by atoms with van der Waals surface area (Å²) in [7, 11) is -3.23. The van der Waals surface area contributed by atoms with E-state index in [1.165, 1.54) is 0 Å². The molecule has 0 atom stereocenters. The van der Waals surface area contributed by atoms with Crippen LogP contribution < -0.4 is 10.6 Å². The van der Waals surface area contributed by atoms with Crippen molar-refractivity contribution in [3.8, 4) is 0 Å². The van der Waals surface area contributed by atoms with Crippen LogP contribution in [-0.4, -0.2) is 45.0 Å². The molecule has 2 fully saturated rings. The Balaban J connectivity index is 1.75. The SMILES string of the molecule is O=C(CS(=O)(=O)CC1CNC1)NC1CCCC1. The molecule has 1 aliphatic heterocycles. The van der Waals surface area contributed by atoms with E-state index in [2.05, 4.69) is 10.6 Å². The van der Waals surface area contributed by atoms with Crippen LogP contribution >= 0.6 is 0 Å². The number of hydrogen-bond acceptors (Lipinski definition) is 4. The van der Waals surface area contributed by atoms with E-state index in [9.17, 15) is 13.2 Å². The summed E-state index contributed by atoms with van der Waals surface area (Å²) in [6.45, 7) is 1.51. The molecule has 2 rings (SSSR count). The molecule has 0 aromatic rings. The number of nitrogens with one attached hydrogen (secondary N) is 2. The fraction of sp³-hybridized carbons (Fsp3) is 0.909. The van der Waals surface area contributed by atoms with Gasteiger partial charge < -0.3 is 10.6 Å². The van der Waals surface area contributed by atoms with Gasteiger partial charge in [-0.2, -0.15) is 0 Å². The molecule has 0 spiro atoms. The first kappa shape index (κ1) is 12.8. The molecule has 0 bridgehead atoms. The summed E-state index contributed by atoms with van der Waals surface area (Å²) in [6.07, 6.45) is 4.23. The van der Waals surface area contributed by atoms with Crippen LogP contribution in [0.3, 0.4) is 0 Å². The van der Waals surface area contributed by atoms with Crippen molar-refractivity contribution in [2.75, 3.05) is 24.6 Å². The molecule has 0 aromatic carbocycles. The first-order valence-electron chi connectivity index (χ1n) is 6.26. The summed E-state index contributed by atoms with van der Waals surface area (Å²) in [4.78, 5) is 11.6. The van der Waals surface area contributed by atoms with Crippen LogP contribution in [0.2, 0.25) is 0 Å². The average Bonchev–Trinajstić information content (AvgIpc) is 2.63. The minimum Gasteiger partial charge on any atom is -0.352 e. The van der Waals surface area contributed by atoms with Gasteiger partial charge in [-0.05, 0) is 18.8 Å². The van der Waals surface area contributed by atoms with Gasteiger partial charge in [-0.25, -0.2) is 8.42 Å². The standard InChI is InChI=1S/C11H20N2O3S/c14-11(13-10-3-1-2-4-10)8-17(15,16)7-9-5-12-6-9/h9-10,12H,1-8H2,(H,13,14). The predicted octanol–water partition coefficient (Wildman–Crippen LogP) is -0.321. The van der Waals surface area contributed by atoms with Crippen molar-refractivity contribution in [3.63, 3.8) is 0 Å². The average molecular weight is 260 g/mol. The van der Waals surface area contributed by atoms with Crippen molar-refractivity contribution in [3.05, 3.63) is 0 Å². The Hall–Kier alpha value is -0.620. The van der Waals surface area contributed by atoms with Gasteiger partial charge in [-0.1, -0.05) is 12.8 Å². The highest BCUT2D eigenvalue weighted by Crippen LogP contribution is 2.17. The van der Waals surface area contributed by atoms with Crippen LogP contribution in [-0.2, 0) is 14.6 Å². The molecule has 0 unspecified atom stereocenters. The Kier molecular flexibility index (Phi) is 4.04. The summed E-state index contributed by atoms with van der Waals surface area (Å²) in [5.41, 5.74) is 0. The molecule has 1 amide bonds. The van der Waals surface area contributed by atoms with Crippen molar-refractivity contribution in [1.29, 1.82) is 0 Å². The summed E-state index contributed by atoms with van der Waals surface area (Å²) < 4.78 is 23.5. The van der Waals surface area contributed by atoms with Gasteiger partial charge in [0, 0.05) is 19.1 Å². The largest absolute Gasteiger partial charge is 0.352 e. The van der Waals surface area contributed by atoms with Gasteiger partial charge in [-0.3, -0.25) is 4.79 Å². The second kappa shape index (κ2) is 5.35. The fourth-order valence-corrected chi connectivity index (χ4v) is 3.98. The zero-order chi connectivity index (χ0) is 12.3. The Bertz CT molecular complexity index is 370. The molecule has 2 N–H and O–H groups in total. The van der Waals surface area contributed by atoms with Gasteiger partial charge >= 0.3 is 0 Å². The van der Waals surface area contributed by atoms with Crippen molar-refractivity contribution in [2.45, 2.75) is 31.7 Å². The van der Waals surface area contributed by atoms with E-state index in [0.29, 0.717) is 0 Å². The highest BCUT2D eigenvalue weighted by molar-refractivity contribution is 7.92. The minimum absolute atomic E-state index is 0.137. The van der Waals surface area contributed by atoms with E-state index < -0.39 is 9.84 Å². The van der Waals surface area contributed by atoms with Gasteiger partial charge in [0.05, 0.1) is 5.75 Å². The molecule has 5 nitrogen and oxygen atoms in total. The van der Waals surface area contributed by atoms with E-state index >= 15 is 0 Å². The van der Waals surface area contributed by atoms with Gasteiger partial charge in [0.2, 0.25) is 5.91 Å². The maximum Gasteiger partial charge on any atom is 0.235 e. The van der Waals surface area contributed by atoms with Crippen molar-refractivity contribution in [2.24, 2.45) is 5.92 Å². The molecular weight excluding hydrogens is 240 g/mol. The fourth-order valence-electron chi connectivity index (χ4n) is 2.42. The molecule has 1 saturated carbocycles. The summed E-state index contributed by atoms with van der Waals surface area (Å²) in [5.74, 6) is -0.346. The van der Waals surface area contributed by atoms with E-state index in [4.69, 9.17) is 0 Å². The lowest BCUT2D eigenvalue weighted by Gasteiger charge is -2.26. The molecule has 1 heterocycles. The predicted molar refractivity (Wildman–Crippen MR) is 65.4 cm³/mol. The second-order valence-corrected chi connectivity index (χ2v) is 7.24. The number of amides is 1. The maximum absolute atomic E-state index is 11.7. The van der Waals surface area contributed by atoms with Crippen LogP contribution in [0.4, 0.5) is 0 Å². The minimum atomic E-state index is -3.23. The molecule has 1 saturated heterocycles. The molecule has 98 valence electrons. The summed E-state index contributed by atoms with van der Waals surface area (Å²) in [5, 5.41) is 5.84. The quantitative estimate of drug-likeness (QED) is 0.710. The normalized spacial score (nSPS) is 22.4. The smallest absolute Gasteiger partial charge is 0.235 e. The number of carbonyl (C=O) groups is 1. The molecular formula is C11H20N2O3S. The molecule has 1 aliphatic carbocycles. The Morgan fingerprint density at radius 1 is 1.24 bits per heavy atom. The summed E-state index contributed by atoms with van der Waals surface area (Å²) >= 11 is 0. The highest BCUT2D eigenvalue weighted by atomic mass is 32.2. The lowest BCUT2D eigenvalue weighted by molar-refractivity contribution is -0.119. The molecule has 6 heteroatoms. The first-order valence-corrected chi connectivity index (χ1v) is 8.08. The maximum atomic E-state index is 11.7. The first-order chi connectivity index (χ1) is 8.05. The van der Waals surface area contributed by atoms with Gasteiger partial charge in [0.1, 0.15) is 5.75 Å². The number of rotatable bonds is 5. The Morgan fingerprint density at radius 2 is 1.88 bits per heavy atom. The van der Waals surface area contributed by atoms with E-state index in [-0.39, 0.29) is 29.4 Å². The van der Waals surface area contributed by atoms with E-state index in [1.807, 2.05) is 0 Å². The topological polar surface area (TPSA) is 75.3 Å². The van der Waals surface area contributed by atoms with Crippen LogP contribution in [0.1, 0.15) is 25.7 Å². The van der Waals surface area contributed by atoms with Crippen LogP contribution in [0.25, 0.3) is 0 Å². The Labute approximate surface area is 102 Å². The lowest BCUT2D eigenvalue weighted by Crippen LogP contribution is -2.47. The zero-order valence-electron chi connectivity index (χ0n) is 9.94. The molecule has 0 aromatic heterocycles. The third-order valence-corrected chi connectivity index (χ3v) is 5.11. The number of hydrogen-bond donors (Lipinski definition) is 2. The van der Waals surface area contributed by atoms with Gasteiger partial charge in [0.25, 0.3) is 0 Å². The van der Waals surface area contributed by atoms with Crippen LogP contribution in [0.15, 0.2) is 0 Å². The van der Waals surface area contributed by atoms with Crippen molar-refractivity contribution < 1.29 is 13.2 Å². The molecule has 17 heavy (non-hydrogen) atoms. The number of carbonyl (C=O) groups excluding carboxylic acids is 1. The third kappa shape index (κ3) is 3.96. The van der Waals surface area contributed by atoms with Crippen LogP contribution in [0, 0.1) is 5.92 Å². The Morgan fingerprint density at radius 3 is 2.41 bits per heavy atom. The van der Waals surface area contributed by atoms with Crippen LogP contribution in [0.5, 0.6) is 0 Å². The highest BCUT2D eigenvalue weighted by Gasteiger charge is 2.27. The third-order valence-electron chi connectivity index (χ3n) is 3.43. The lowest BCUT2D eigenvalue weighted by atomic mass is 10.1. The zero-order valence-corrected chi connectivity index (χ0v) is 10.8. The molecule has 0 radical (unpaired) electrons. The van der Waals surface area contributed by atoms with Crippen molar-refractivity contribution in [1.82, 2.24) is 10.6 Å². The van der Waals surface area contributed by atoms with Gasteiger partial charge in [-0.15, -0.1) is 0 Å².